The van der Waals surface area contributed by atoms with Crippen LogP contribution in [0, 0.1) is 6.92 Å². The van der Waals surface area contributed by atoms with Gasteiger partial charge in [0, 0.05) is 38.3 Å². The lowest BCUT2D eigenvalue weighted by Gasteiger charge is -2.35. The molecule has 3 nitrogen and oxygen atoms in total. The van der Waals surface area contributed by atoms with Crippen LogP contribution in [0.5, 0.6) is 0 Å². The first kappa shape index (κ1) is 16.8. The van der Waals surface area contributed by atoms with Crippen molar-refractivity contribution in [3.63, 3.8) is 0 Å². The van der Waals surface area contributed by atoms with Crippen LogP contribution in [-0.2, 0) is 6.54 Å². The van der Waals surface area contributed by atoms with Crippen molar-refractivity contribution in [3.8, 4) is 0 Å². The van der Waals surface area contributed by atoms with E-state index in [4.69, 9.17) is 0 Å². The Bertz CT molecular complexity index is 921. The summed E-state index contributed by atoms with van der Waals surface area (Å²) in [6.07, 6.45) is 0. The summed E-state index contributed by atoms with van der Waals surface area (Å²) in [4.78, 5) is 17.1. The zero-order valence-electron chi connectivity index (χ0n) is 15.2. The van der Waals surface area contributed by atoms with Gasteiger partial charge in [-0.15, -0.1) is 0 Å². The third-order valence-electron chi connectivity index (χ3n) is 5.20. The number of fused-ring (bicyclic) bond motifs is 1. The number of benzene rings is 3. The van der Waals surface area contributed by atoms with E-state index in [1.54, 1.807) is 0 Å². The molecule has 3 heteroatoms. The van der Waals surface area contributed by atoms with Crippen molar-refractivity contribution < 1.29 is 4.79 Å². The second-order valence-electron chi connectivity index (χ2n) is 7.08. The van der Waals surface area contributed by atoms with E-state index in [1.165, 1.54) is 16.3 Å². The first-order chi connectivity index (χ1) is 12.7. The molecule has 1 saturated heterocycles. The number of carbonyl (C=O) groups is 1. The summed E-state index contributed by atoms with van der Waals surface area (Å²) in [5, 5.41) is 2.62. The zero-order valence-corrected chi connectivity index (χ0v) is 15.2. The molecule has 0 aromatic heterocycles. The molecule has 26 heavy (non-hydrogen) atoms. The van der Waals surface area contributed by atoms with E-state index in [2.05, 4.69) is 47.4 Å². The zero-order chi connectivity index (χ0) is 17.9. The van der Waals surface area contributed by atoms with Gasteiger partial charge in [0.1, 0.15) is 0 Å². The van der Waals surface area contributed by atoms with Crippen LogP contribution in [0.25, 0.3) is 10.8 Å². The van der Waals surface area contributed by atoms with Crippen molar-refractivity contribution in [1.82, 2.24) is 9.80 Å². The predicted molar refractivity (Wildman–Crippen MR) is 106 cm³/mol. The SMILES string of the molecule is Cc1cccc(C(=O)N2CCN(Cc3cccc4ccccc34)CC2)c1. The number of nitrogens with zero attached hydrogens (tertiary/aromatic N) is 2. The van der Waals surface area contributed by atoms with E-state index in [1.807, 2.05) is 36.1 Å². The van der Waals surface area contributed by atoms with E-state index in [0.29, 0.717) is 0 Å². The van der Waals surface area contributed by atoms with Gasteiger partial charge in [0.15, 0.2) is 0 Å². The smallest absolute Gasteiger partial charge is 0.253 e. The topological polar surface area (TPSA) is 23.6 Å². The lowest BCUT2D eigenvalue weighted by atomic mass is 10.0. The average Bonchev–Trinajstić information content (AvgIpc) is 2.68. The fourth-order valence-electron chi connectivity index (χ4n) is 3.74. The number of hydrogen-bond donors (Lipinski definition) is 0. The Balaban J connectivity index is 1.41. The average molecular weight is 344 g/mol. The van der Waals surface area contributed by atoms with Crippen LogP contribution in [-0.4, -0.2) is 41.9 Å². The van der Waals surface area contributed by atoms with Crippen molar-refractivity contribution in [2.45, 2.75) is 13.5 Å². The van der Waals surface area contributed by atoms with E-state index in [9.17, 15) is 4.79 Å². The standard InChI is InChI=1S/C23H24N2O/c1-18-6-4-9-20(16-18)23(26)25-14-12-24(13-15-25)17-21-10-5-8-19-7-2-3-11-22(19)21/h2-11,16H,12-15,17H2,1H3. The van der Waals surface area contributed by atoms with E-state index < -0.39 is 0 Å². The van der Waals surface area contributed by atoms with Crippen LogP contribution in [0.3, 0.4) is 0 Å². The largest absolute Gasteiger partial charge is 0.336 e. The Morgan fingerprint density at radius 3 is 2.42 bits per heavy atom. The molecule has 0 aliphatic carbocycles. The highest BCUT2D eigenvalue weighted by molar-refractivity contribution is 5.94. The van der Waals surface area contributed by atoms with E-state index in [0.717, 1.165) is 43.9 Å². The van der Waals surface area contributed by atoms with Crippen LogP contribution in [0.1, 0.15) is 21.5 Å². The molecule has 0 saturated carbocycles. The minimum absolute atomic E-state index is 0.151. The summed E-state index contributed by atoms with van der Waals surface area (Å²) in [6.45, 7) is 6.38. The minimum Gasteiger partial charge on any atom is -0.336 e. The molecule has 0 N–H and O–H groups in total. The monoisotopic (exact) mass is 344 g/mol. The highest BCUT2D eigenvalue weighted by Gasteiger charge is 2.22. The molecule has 0 unspecified atom stereocenters. The Morgan fingerprint density at radius 2 is 1.62 bits per heavy atom. The summed E-state index contributed by atoms with van der Waals surface area (Å²) in [7, 11) is 0. The van der Waals surface area contributed by atoms with Gasteiger partial charge in [-0.25, -0.2) is 0 Å². The summed E-state index contributed by atoms with van der Waals surface area (Å²) < 4.78 is 0. The van der Waals surface area contributed by atoms with Crippen LogP contribution in [0.2, 0.25) is 0 Å². The Morgan fingerprint density at radius 1 is 0.885 bits per heavy atom. The van der Waals surface area contributed by atoms with Gasteiger partial charge in [0.05, 0.1) is 0 Å². The van der Waals surface area contributed by atoms with Crippen molar-refractivity contribution in [3.05, 3.63) is 83.4 Å². The molecule has 1 heterocycles. The minimum atomic E-state index is 0.151. The highest BCUT2D eigenvalue weighted by Crippen LogP contribution is 2.21. The maximum Gasteiger partial charge on any atom is 0.253 e. The van der Waals surface area contributed by atoms with Gasteiger partial charge in [0.25, 0.3) is 5.91 Å². The van der Waals surface area contributed by atoms with Crippen molar-refractivity contribution in [2.24, 2.45) is 0 Å². The second-order valence-corrected chi connectivity index (χ2v) is 7.08. The first-order valence-corrected chi connectivity index (χ1v) is 9.26. The second kappa shape index (κ2) is 7.30. The molecule has 0 atom stereocenters. The Kier molecular flexibility index (Phi) is 4.72. The lowest BCUT2D eigenvalue weighted by molar-refractivity contribution is 0.0629. The number of aryl methyl sites for hydroxylation is 1. The maximum absolute atomic E-state index is 12.7. The van der Waals surface area contributed by atoms with Gasteiger partial charge in [-0.1, -0.05) is 60.2 Å². The van der Waals surface area contributed by atoms with E-state index >= 15 is 0 Å². The normalized spacial score (nSPS) is 15.3. The number of carbonyl (C=O) groups excluding carboxylic acids is 1. The van der Waals surface area contributed by atoms with Gasteiger partial charge < -0.3 is 4.90 Å². The number of amides is 1. The van der Waals surface area contributed by atoms with Crippen LogP contribution in [0.4, 0.5) is 0 Å². The lowest BCUT2D eigenvalue weighted by Crippen LogP contribution is -2.48. The number of rotatable bonds is 3. The van der Waals surface area contributed by atoms with E-state index in [-0.39, 0.29) is 5.91 Å². The van der Waals surface area contributed by atoms with Crippen LogP contribution in [0.15, 0.2) is 66.7 Å². The molecule has 0 radical (unpaired) electrons. The van der Waals surface area contributed by atoms with Crippen molar-refractivity contribution in [2.75, 3.05) is 26.2 Å². The summed E-state index contributed by atoms with van der Waals surface area (Å²) in [5.41, 5.74) is 3.29. The third kappa shape index (κ3) is 3.49. The fourth-order valence-corrected chi connectivity index (χ4v) is 3.74. The molecule has 0 spiro atoms. The molecule has 3 aromatic carbocycles. The molecule has 4 rings (SSSR count). The molecule has 1 amide bonds. The van der Waals surface area contributed by atoms with Gasteiger partial charge in [-0.2, -0.15) is 0 Å². The molecule has 1 fully saturated rings. The summed E-state index contributed by atoms with van der Waals surface area (Å²) >= 11 is 0. The predicted octanol–water partition coefficient (Wildman–Crippen LogP) is 4.11. The van der Waals surface area contributed by atoms with Crippen molar-refractivity contribution in [1.29, 1.82) is 0 Å². The molecule has 1 aliphatic heterocycles. The summed E-state index contributed by atoms with van der Waals surface area (Å²) in [6, 6.07) is 22.9. The van der Waals surface area contributed by atoms with Gasteiger partial charge in [-0.3, -0.25) is 9.69 Å². The molecule has 0 bridgehead atoms. The summed E-state index contributed by atoms with van der Waals surface area (Å²) in [5.74, 6) is 0.151. The molecule has 1 aliphatic rings. The van der Waals surface area contributed by atoms with Gasteiger partial charge in [0.2, 0.25) is 0 Å². The Hall–Kier alpha value is -2.65. The molecular formula is C23H24N2O. The molecule has 3 aromatic rings. The number of hydrogen-bond acceptors (Lipinski definition) is 2. The highest BCUT2D eigenvalue weighted by atomic mass is 16.2. The maximum atomic E-state index is 12.7. The Labute approximate surface area is 154 Å². The first-order valence-electron chi connectivity index (χ1n) is 9.26. The van der Waals surface area contributed by atoms with Gasteiger partial charge in [-0.05, 0) is 35.4 Å². The fraction of sp³-hybridized carbons (Fsp3) is 0.261. The van der Waals surface area contributed by atoms with Crippen molar-refractivity contribution >= 4 is 16.7 Å². The molecular weight excluding hydrogens is 320 g/mol. The number of piperazine rings is 1. The van der Waals surface area contributed by atoms with Crippen LogP contribution < -0.4 is 0 Å². The third-order valence-corrected chi connectivity index (χ3v) is 5.20. The van der Waals surface area contributed by atoms with Gasteiger partial charge >= 0.3 is 0 Å². The molecule has 132 valence electrons. The quantitative estimate of drug-likeness (QED) is 0.714. The van der Waals surface area contributed by atoms with Crippen LogP contribution >= 0.6 is 0 Å².